The zero-order valence-electron chi connectivity index (χ0n) is 13.6. The fraction of sp³-hybridized carbons (Fsp3) is 1.00. The van der Waals surface area contributed by atoms with Gasteiger partial charge in [0.15, 0.2) is 0 Å². The van der Waals surface area contributed by atoms with Gasteiger partial charge in [-0.25, -0.2) is 0 Å². The second-order valence-corrected chi connectivity index (χ2v) is 6.02. The van der Waals surface area contributed by atoms with Crippen LogP contribution in [0.3, 0.4) is 0 Å². The summed E-state index contributed by atoms with van der Waals surface area (Å²) >= 11 is 0. The summed E-state index contributed by atoms with van der Waals surface area (Å²) in [4.78, 5) is 0. The van der Waals surface area contributed by atoms with E-state index >= 15 is 0 Å². The van der Waals surface area contributed by atoms with Crippen LogP contribution in [0.15, 0.2) is 0 Å². The third-order valence-electron chi connectivity index (χ3n) is 4.54. The van der Waals surface area contributed by atoms with Gasteiger partial charge in [0.1, 0.15) is 0 Å². The van der Waals surface area contributed by atoms with Crippen LogP contribution in [0.5, 0.6) is 0 Å². The Morgan fingerprint density at radius 3 is 1.79 bits per heavy atom. The standard InChI is InChI=1S/C17H37NO/c1-4-7-8-9-10-11-12-13-14-18-15-17(5-2,6-3)16-19/h18-19H,4-16H2,1-3H3. The Balaban J connectivity index is 3.35. The van der Waals surface area contributed by atoms with E-state index in [9.17, 15) is 5.11 Å². The average molecular weight is 271 g/mol. The zero-order chi connectivity index (χ0) is 14.4. The molecule has 0 heterocycles. The molecule has 0 unspecified atom stereocenters. The first-order valence-electron chi connectivity index (χ1n) is 8.56. The Hall–Kier alpha value is -0.0800. The average Bonchev–Trinajstić information content (AvgIpc) is 2.46. The molecule has 0 atom stereocenters. The number of hydrogen-bond acceptors (Lipinski definition) is 2. The molecule has 2 nitrogen and oxygen atoms in total. The van der Waals surface area contributed by atoms with Gasteiger partial charge in [-0.1, -0.05) is 65.7 Å². The molecular formula is C17H37NO. The van der Waals surface area contributed by atoms with Gasteiger partial charge in [0, 0.05) is 18.6 Å². The minimum absolute atomic E-state index is 0.111. The Bertz CT molecular complexity index is 170. The summed E-state index contributed by atoms with van der Waals surface area (Å²) in [5, 5.41) is 13.0. The maximum Gasteiger partial charge on any atom is 0.0499 e. The number of nitrogens with one attached hydrogen (secondary N) is 1. The van der Waals surface area contributed by atoms with Crippen LogP contribution in [0.4, 0.5) is 0 Å². The summed E-state index contributed by atoms with van der Waals surface area (Å²) in [6, 6.07) is 0. The fourth-order valence-electron chi connectivity index (χ4n) is 2.52. The van der Waals surface area contributed by atoms with Crippen molar-refractivity contribution in [2.24, 2.45) is 5.41 Å². The van der Waals surface area contributed by atoms with Gasteiger partial charge >= 0.3 is 0 Å². The van der Waals surface area contributed by atoms with Crippen molar-refractivity contribution in [2.75, 3.05) is 19.7 Å². The highest BCUT2D eigenvalue weighted by molar-refractivity contribution is 4.77. The van der Waals surface area contributed by atoms with Crippen molar-refractivity contribution in [1.29, 1.82) is 0 Å². The van der Waals surface area contributed by atoms with Crippen LogP contribution in [0.25, 0.3) is 0 Å². The lowest BCUT2D eigenvalue weighted by molar-refractivity contribution is 0.113. The van der Waals surface area contributed by atoms with Gasteiger partial charge in [-0.2, -0.15) is 0 Å². The summed E-state index contributed by atoms with van der Waals surface area (Å²) in [5.74, 6) is 0. The molecule has 0 radical (unpaired) electrons. The molecule has 0 aliphatic rings. The van der Waals surface area contributed by atoms with E-state index in [-0.39, 0.29) is 5.41 Å². The molecule has 0 fully saturated rings. The molecule has 0 aliphatic heterocycles. The molecule has 0 spiro atoms. The lowest BCUT2D eigenvalue weighted by Crippen LogP contribution is -2.36. The van der Waals surface area contributed by atoms with E-state index in [1.54, 1.807) is 0 Å². The van der Waals surface area contributed by atoms with Crippen LogP contribution in [0.1, 0.15) is 85.0 Å². The van der Waals surface area contributed by atoms with Crippen molar-refractivity contribution < 1.29 is 5.11 Å². The lowest BCUT2D eigenvalue weighted by atomic mass is 9.83. The summed E-state index contributed by atoms with van der Waals surface area (Å²) in [5.41, 5.74) is 0.111. The molecule has 0 saturated heterocycles. The molecule has 0 aromatic carbocycles. The minimum Gasteiger partial charge on any atom is -0.396 e. The molecule has 19 heavy (non-hydrogen) atoms. The van der Waals surface area contributed by atoms with Crippen molar-refractivity contribution in [3.8, 4) is 0 Å². The maximum absolute atomic E-state index is 9.48. The first kappa shape index (κ1) is 18.9. The molecule has 0 amide bonds. The molecule has 0 aliphatic carbocycles. The smallest absolute Gasteiger partial charge is 0.0499 e. The lowest BCUT2D eigenvalue weighted by Gasteiger charge is -2.29. The molecule has 0 bridgehead atoms. The first-order valence-corrected chi connectivity index (χ1v) is 8.56. The van der Waals surface area contributed by atoms with Crippen LogP contribution in [0.2, 0.25) is 0 Å². The highest BCUT2D eigenvalue weighted by Gasteiger charge is 2.24. The number of aliphatic hydroxyl groups is 1. The van der Waals surface area contributed by atoms with Gasteiger partial charge in [-0.05, 0) is 25.8 Å². The van der Waals surface area contributed by atoms with Crippen LogP contribution < -0.4 is 5.32 Å². The third-order valence-corrected chi connectivity index (χ3v) is 4.54. The van der Waals surface area contributed by atoms with Gasteiger partial charge in [-0.3, -0.25) is 0 Å². The Labute approximate surface area is 121 Å². The molecule has 0 rings (SSSR count). The van der Waals surface area contributed by atoms with Crippen molar-refractivity contribution in [3.63, 3.8) is 0 Å². The summed E-state index contributed by atoms with van der Waals surface area (Å²) < 4.78 is 0. The number of hydrogen-bond donors (Lipinski definition) is 2. The van der Waals surface area contributed by atoms with E-state index in [0.29, 0.717) is 6.61 Å². The number of unbranched alkanes of at least 4 members (excludes halogenated alkanes) is 7. The largest absolute Gasteiger partial charge is 0.396 e. The van der Waals surface area contributed by atoms with E-state index in [1.807, 2.05) is 0 Å². The van der Waals surface area contributed by atoms with Gasteiger partial charge in [-0.15, -0.1) is 0 Å². The number of aliphatic hydroxyl groups excluding tert-OH is 1. The molecular weight excluding hydrogens is 234 g/mol. The summed E-state index contributed by atoms with van der Waals surface area (Å²) in [6.07, 6.45) is 13.1. The van der Waals surface area contributed by atoms with Gasteiger partial charge < -0.3 is 10.4 Å². The molecule has 116 valence electrons. The first-order chi connectivity index (χ1) is 9.24. The Kier molecular flexibility index (Phi) is 12.9. The molecule has 2 N–H and O–H groups in total. The predicted octanol–water partition coefficient (Wildman–Crippen LogP) is 4.52. The fourth-order valence-corrected chi connectivity index (χ4v) is 2.52. The molecule has 0 saturated carbocycles. The van der Waals surface area contributed by atoms with Gasteiger partial charge in [0.25, 0.3) is 0 Å². The Morgan fingerprint density at radius 1 is 0.789 bits per heavy atom. The minimum atomic E-state index is 0.111. The monoisotopic (exact) mass is 271 g/mol. The van der Waals surface area contributed by atoms with E-state index in [2.05, 4.69) is 26.1 Å². The van der Waals surface area contributed by atoms with Crippen molar-refractivity contribution in [2.45, 2.75) is 85.0 Å². The zero-order valence-corrected chi connectivity index (χ0v) is 13.6. The van der Waals surface area contributed by atoms with Crippen molar-refractivity contribution in [3.05, 3.63) is 0 Å². The highest BCUT2D eigenvalue weighted by Crippen LogP contribution is 2.24. The van der Waals surface area contributed by atoms with E-state index in [0.717, 1.165) is 25.9 Å². The van der Waals surface area contributed by atoms with Crippen LogP contribution >= 0.6 is 0 Å². The second-order valence-electron chi connectivity index (χ2n) is 6.02. The summed E-state index contributed by atoms with van der Waals surface area (Å²) in [6.45, 7) is 9.01. The van der Waals surface area contributed by atoms with Crippen LogP contribution in [-0.4, -0.2) is 24.8 Å². The number of rotatable bonds is 14. The maximum atomic E-state index is 9.48. The van der Waals surface area contributed by atoms with Crippen molar-refractivity contribution in [1.82, 2.24) is 5.32 Å². The summed E-state index contributed by atoms with van der Waals surface area (Å²) in [7, 11) is 0. The molecule has 2 heteroatoms. The van der Waals surface area contributed by atoms with E-state index in [4.69, 9.17) is 0 Å². The van der Waals surface area contributed by atoms with Crippen LogP contribution in [0, 0.1) is 5.41 Å². The third kappa shape index (κ3) is 9.45. The predicted molar refractivity (Wildman–Crippen MR) is 85.6 cm³/mol. The quantitative estimate of drug-likeness (QED) is 0.455. The Morgan fingerprint density at radius 2 is 1.32 bits per heavy atom. The highest BCUT2D eigenvalue weighted by atomic mass is 16.3. The molecule has 0 aromatic rings. The van der Waals surface area contributed by atoms with Crippen molar-refractivity contribution >= 4 is 0 Å². The normalized spacial score (nSPS) is 12.0. The topological polar surface area (TPSA) is 32.3 Å². The second kappa shape index (κ2) is 12.9. The van der Waals surface area contributed by atoms with Gasteiger partial charge in [0.2, 0.25) is 0 Å². The SMILES string of the molecule is CCCCCCCCCCNCC(CC)(CC)CO. The van der Waals surface area contributed by atoms with Gasteiger partial charge in [0.05, 0.1) is 0 Å². The van der Waals surface area contributed by atoms with E-state index < -0.39 is 0 Å². The van der Waals surface area contributed by atoms with E-state index in [1.165, 1.54) is 51.4 Å². The molecule has 0 aromatic heterocycles. The van der Waals surface area contributed by atoms with Crippen LogP contribution in [-0.2, 0) is 0 Å².